The number of hydrogen-bond donors (Lipinski definition) is 0. The predicted octanol–water partition coefficient (Wildman–Crippen LogP) is 4.91. The first-order valence-electron chi connectivity index (χ1n) is 6.95. The molecule has 0 unspecified atom stereocenters. The Balaban J connectivity index is 2.37. The van der Waals surface area contributed by atoms with Crippen molar-refractivity contribution in [3.8, 4) is 0 Å². The summed E-state index contributed by atoms with van der Waals surface area (Å²) in [6.07, 6.45) is 0.325. The van der Waals surface area contributed by atoms with Gasteiger partial charge in [-0.15, -0.1) is 0 Å². The van der Waals surface area contributed by atoms with Crippen molar-refractivity contribution in [2.45, 2.75) is 26.9 Å². The van der Waals surface area contributed by atoms with Crippen LogP contribution in [0.5, 0.6) is 0 Å². The molecule has 2 aromatic carbocycles. The first-order chi connectivity index (χ1) is 9.59. The molecule has 0 aliphatic carbocycles. The van der Waals surface area contributed by atoms with Crippen LogP contribution < -0.4 is 0 Å². The molecule has 0 aliphatic heterocycles. The third kappa shape index (κ3) is 3.29. The monoisotopic (exact) mass is 292 g/mol. The van der Waals surface area contributed by atoms with Crippen molar-refractivity contribution in [3.63, 3.8) is 0 Å². The number of aryl methyl sites for hydroxylation is 1. The van der Waals surface area contributed by atoms with E-state index in [1.807, 2.05) is 32.0 Å². The summed E-state index contributed by atoms with van der Waals surface area (Å²) >= 11 is 0. The third-order valence-corrected chi connectivity index (χ3v) is 5.36. The Hall–Kier alpha value is -1.15. The zero-order chi connectivity index (χ0) is 14.6. The summed E-state index contributed by atoms with van der Waals surface area (Å²) in [5, 5.41) is 2.38. The minimum absolute atomic E-state index is 0.325. The lowest BCUT2D eigenvalue weighted by Gasteiger charge is -2.18. The van der Waals surface area contributed by atoms with Crippen LogP contribution in [0.1, 0.15) is 25.0 Å². The Labute approximate surface area is 120 Å². The van der Waals surface area contributed by atoms with Crippen molar-refractivity contribution in [1.29, 1.82) is 0 Å². The molecule has 0 aromatic heterocycles. The average molecular weight is 292 g/mol. The van der Waals surface area contributed by atoms with E-state index in [0.29, 0.717) is 19.4 Å². The summed E-state index contributed by atoms with van der Waals surface area (Å²) in [5.74, 6) is 0. The van der Waals surface area contributed by atoms with E-state index in [9.17, 15) is 4.57 Å². The van der Waals surface area contributed by atoms with Crippen LogP contribution >= 0.6 is 7.60 Å². The molecule has 20 heavy (non-hydrogen) atoms. The van der Waals surface area contributed by atoms with Gasteiger partial charge in [0.1, 0.15) is 0 Å². The van der Waals surface area contributed by atoms with Gasteiger partial charge in [0.25, 0.3) is 0 Å². The van der Waals surface area contributed by atoms with Crippen LogP contribution in [-0.2, 0) is 19.8 Å². The summed E-state index contributed by atoms with van der Waals surface area (Å²) in [5.41, 5.74) is 2.16. The Morgan fingerprint density at radius 3 is 2.30 bits per heavy atom. The summed E-state index contributed by atoms with van der Waals surface area (Å²) < 4.78 is 23.4. The van der Waals surface area contributed by atoms with Gasteiger partial charge in [-0.25, -0.2) is 0 Å². The number of rotatable bonds is 6. The molecule has 0 amide bonds. The van der Waals surface area contributed by atoms with Crippen molar-refractivity contribution >= 4 is 18.4 Å². The van der Waals surface area contributed by atoms with Crippen LogP contribution in [0.25, 0.3) is 10.8 Å². The second-order valence-electron chi connectivity index (χ2n) is 4.68. The number of fused-ring (bicyclic) bond motifs is 1. The van der Waals surface area contributed by atoms with Crippen LogP contribution in [-0.4, -0.2) is 13.2 Å². The van der Waals surface area contributed by atoms with Gasteiger partial charge in [0, 0.05) is 0 Å². The van der Waals surface area contributed by atoms with Crippen LogP contribution in [0, 0.1) is 6.92 Å². The van der Waals surface area contributed by atoms with Crippen molar-refractivity contribution in [1.82, 2.24) is 0 Å². The molecule has 0 radical (unpaired) electrons. The molecule has 0 saturated heterocycles. The Morgan fingerprint density at radius 2 is 1.65 bits per heavy atom. The van der Waals surface area contributed by atoms with Crippen LogP contribution in [0.3, 0.4) is 0 Å². The van der Waals surface area contributed by atoms with Gasteiger partial charge in [0.05, 0.1) is 19.4 Å². The maximum Gasteiger partial charge on any atom is 0.335 e. The zero-order valence-corrected chi connectivity index (χ0v) is 13.2. The summed E-state index contributed by atoms with van der Waals surface area (Å²) in [6, 6.07) is 12.3. The molecule has 2 aromatic rings. The van der Waals surface area contributed by atoms with Crippen molar-refractivity contribution in [3.05, 3.63) is 47.5 Å². The summed E-state index contributed by atoms with van der Waals surface area (Å²) in [4.78, 5) is 0. The van der Waals surface area contributed by atoms with Crippen molar-refractivity contribution < 1.29 is 13.6 Å². The molecular weight excluding hydrogens is 271 g/mol. The second kappa shape index (κ2) is 6.53. The van der Waals surface area contributed by atoms with E-state index in [4.69, 9.17) is 9.05 Å². The highest BCUT2D eigenvalue weighted by Gasteiger charge is 2.25. The van der Waals surface area contributed by atoms with Crippen LogP contribution in [0.15, 0.2) is 36.4 Å². The Kier molecular flexibility index (Phi) is 4.98. The van der Waals surface area contributed by atoms with E-state index >= 15 is 0 Å². The van der Waals surface area contributed by atoms with Crippen molar-refractivity contribution in [2.75, 3.05) is 13.2 Å². The van der Waals surface area contributed by atoms with Gasteiger partial charge in [0.2, 0.25) is 0 Å². The van der Waals surface area contributed by atoms with Crippen LogP contribution in [0.2, 0.25) is 0 Å². The van der Waals surface area contributed by atoms with Crippen molar-refractivity contribution in [2.24, 2.45) is 0 Å². The lowest BCUT2D eigenvalue weighted by molar-refractivity contribution is 0.219. The van der Waals surface area contributed by atoms with Crippen LogP contribution in [0.4, 0.5) is 0 Å². The Bertz CT molecular complexity index is 627. The zero-order valence-electron chi connectivity index (χ0n) is 12.3. The highest BCUT2D eigenvalue weighted by atomic mass is 31.2. The van der Waals surface area contributed by atoms with E-state index in [2.05, 4.69) is 25.1 Å². The molecule has 2 rings (SSSR count). The molecule has 0 bridgehead atoms. The third-order valence-electron chi connectivity index (χ3n) is 3.33. The molecule has 4 heteroatoms. The molecular formula is C16H21O3P. The van der Waals surface area contributed by atoms with Gasteiger partial charge in [-0.05, 0) is 42.7 Å². The highest BCUT2D eigenvalue weighted by Crippen LogP contribution is 2.51. The molecule has 0 N–H and O–H groups in total. The fourth-order valence-electron chi connectivity index (χ4n) is 2.37. The molecule has 0 aliphatic rings. The number of hydrogen-bond acceptors (Lipinski definition) is 3. The molecule has 0 heterocycles. The van der Waals surface area contributed by atoms with Gasteiger partial charge in [-0.1, -0.05) is 36.4 Å². The highest BCUT2D eigenvalue weighted by molar-refractivity contribution is 7.53. The second-order valence-corrected chi connectivity index (χ2v) is 6.73. The largest absolute Gasteiger partial charge is 0.335 e. The lowest BCUT2D eigenvalue weighted by atomic mass is 10.0. The van der Waals surface area contributed by atoms with Gasteiger partial charge < -0.3 is 9.05 Å². The normalized spacial score (nSPS) is 11.9. The summed E-state index contributed by atoms with van der Waals surface area (Å²) in [6.45, 7) is 6.51. The molecule has 108 valence electrons. The fourth-order valence-corrected chi connectivity index (χ4v) is 4.18. The molecule has 0 spiro atoms. The van der Waals surface area contributed by atoms with Gasteiger partial charge in [0.15, 0.2) is 0 Å². The lowest BCUT2D eigenvalue weighted by Crippen LogP contribution is -2.00. The quantitative estimate of drug-likeness (QED) is 0.709. The standard InChI is InChI=1S/C16H21O3P/c1-4-18-20(17,19-5-2)12-15-11-10-14-8-6-7-9-16(14)13(15)3/h6-11H,4-5,12H2,1-3H3. The van der Waals surface area contributed by atoms with Gasteiger partial charge in [-0.3, -0.25) is 4.57 Å². The maximum atomic E-state index is 12.6. The molecule has 3 nitrogen and oxygen atoms in total. The first kappa shape index (κ1) is 15.2. The van der Waals surface area contributed by atoms with E-state index in [1.54, 1.807) is 0 Å². The molecule has 0 fully saturated rings. The molecule has 0 saturated carbocycles. The number of benzene rings is 2. The average Bonchev–Trinajstić information content (AvgIpc) is 2.43. The minimum atomic E-state index is -3.05. The van der Waals surface area contributed by atoms with E-state index < -0.39 is 7.60 Å². The fraction of sp³-hybridized carbons (Fsp3) is 0.375. The SMILES string of the molecule is CCOP(=O)(Cc1ccc2ccccc2c1C)OCC. The Morgan fingerprint density at radius 1 is 1.00 bits per heavy atom. The maximum absolute atomic E-state index is 12.6. The van der Waals surface area contributed by atoms with Gasteiger partial charge >= 0.3 is 7.60 Å². The van der Waals surface area contributed by atoms with Gasteiger partial charge in [-0.2, -0.15) is 0 Å². The van der Waals surface area contributed by atoms with E-state index in [-0.39, 0.29) is 0 Å². The summed E-state index contributed by atoms with van der Waals surface area (Å²) in [7, 11) is -3.05. The topological polar surface area (TPSA) is 35.5 Å². The predicted molar refractivity (Wildman–Crippen MR) is 83.2 cm³/mol. The minimum Gasteiger partial charge on any atom is -0.309 e. The molecule has 0 atom stereocenters. The first-order valence-corrected chi connectivity index (χ1v) is 8.68. The van der Waals surface area contributed by atoms with E-state index in [0.717, 1.165) is 11.1 Å². The smallest absolute Gasteiger partial charge is 0.309 e. The van der Waals surface area contributed by atoms with E-state index in [1.165, 1.54) is 10.8 Å².